The second-order valence-electron chi connectivity index (χ2n) is 4.49. The second kappa shape index (κ2) is 3.45. The Hall–Kier alpha value is 0.690. The first-order valence-corrected chi connectivity index (χ1v) is 6.17. The normalized spacial score (nSPS) is 35.0. The number of likely N-dealkylation sites (tertiary alicyclic amines) is 1. The summed E-state index contributed by atoms with van der Waals surface area (Å²) in [6, 6.07) is 0.905. The van der Waals surface area contributed by atoms with Crippen LogP contribution in [0.4, 0.5) is 0 Å². The zero-order valence-corrected chi connectivity index (χ0v) is 10.0. The van der Waals surface area contributed by atoms with Crippen molar-refractivity contribution in [2.45, 2.75) is 48.0 Å². The van der Waals surface area contributed by atoms with Crippen LogP contribution in [-0.4, -0.2) is 28.0 Å². The monoisotopic (exact) mass is 279 g/mol. The molecule has 1 nitrogen and oxygen atoms in total. The van der Waals surface area contributed by atoms with Gasteiger partial charge in [0.15, 0.2) is 0 Å². The molecule has 2 fully saturated rings. The standard InChI is InChI=1S/C10H18IN/c1-12-7-2-4-9(12)8-10(11)5-3-6-10/h9H,2-8H2,1H3. The molecule has 2 aliphatic rings. The molecule has 0 aromatic carbocycles. The Morgan fingerprint density at radius 3 is 2.58 bits per heavy atom. The van der Waals surface area contributed by atoms with E-state index < -0.39 is 0 Å². The summed E-state index contributed by atoms with van der Waals surface area (Å²) in [5.74, 6) is 0. The molecule has 0 aromatic heterocycles. The minimum Gasteiger partial charge on any atom is -0.303 e. The largest absolute Gasteiger partial charge is 0.303 e. The highest BCUT2D eigenvalue weighted by Crippen LogP contribution is 2.45. The fourth-order valence-electron chi connectivity index (χ4n) is 2.42. The molecule has 1 aliphatic carbocycles. The summed E-state index contributed by atoms with van der Waals surface area (Å²) in [4.78, 5) is 2.55. The SMILES string of the molecule is CN1CCCC1CC1(I)CCC1. The maximum Gasteiger partial charge on any atom is 0.0237 e. The Labute approximate surface area is 89.0 Å². The Morgan fingerprint density at radius 2 is 2.17 bits per heavy atom. The van der Waals surface area contributed by atoms with Crippen molar-refractivity contribution >= 4 is 22.6 Å². The topological polar surface area (TPSA) is 3.24 Å². The molecule has 2 rings (SSSR count). The van der Waals surface area contributed by atoms with Crippen LogP contribution in [0.5, 0.6) is 0 Å². The summed E-state index contributed by atoms with van der Waals surface area (Å²) in [5.41, 5.74) is 0. The minimum atomic E-state index is 0.695. The van der Waals surface area contributed by atoms with Crippen molar-refractivity contribution in [1.29, 1.82) is 0 Å². The minimum absolute atomic E-state index is 0.695. The van der Waals surface area contributed by atoms with Gasteiger partial charge in [0.2, 0.25) is 0 Å². The Balaban J connectivity index is 1.85. The summed E-state index contributed by atoms with van der Waals surface area (Å²) >= 11 is 2.70. The summed E-state index contributed by atoms with van der Waals surface area (Å²) in [5, 5.41) is 0. The fourth-order valence-corrected chi connectivity index (χ4v) is 3.70. The van der Waals surface area contributed by atoms with Crippen LogP contribution >= 0.6 is 22.6 Å². The van der Waals surface area contributed by atoms with E-state index in [2.05, 4.69) is 34.5 Å². The zero-order valence-electron chi connectivity index (χ0n) is 7.85. The van der Waals surface area contributed by atoms with Gasteiger partial charge in [-0.25, -0.2) is 0 Å². The number of rotatable bonds is 2. The molecule has 0 N–H and O–H groups in total. The van der Waals surface area contributed by atoms with E-state index in [0.717, 1.165) is 6.04 Å². The third-order valence-electron chi connectivity index (χ3n) is 3.52. The van der Waals surface area contributed by atoms with Crippen LogP contribution in [-0.2, 0) is 0 Å². The van der Waals surface area contributed by atoms with Gasteiger partial charge in [0, 0.05) is 9.46 Å². The van der Waals surface area contributed by atoms with Gasteiger partial charge >= 0.3 is 0 Å². The predicted molar refractivity (Wildman–Crippen MR) is 60.9 cm³/mol. The van der Waals surface area contributed by atoms with Crippen LogP contribution in [0.2, 0.25) is 0 Å². The summed E-state index contributed by atoms with van der Waals surface area (Å²) in [7, 11) is 2.29. The first-order chi connectivity index (χ1) is 5.70. The molecule has 12 heavy (non-hydrogen) atoms. The van der Waals surface area contributed by atoms with Crippen LogP contribution < -0.4 is 0 Å². The van der Waals surface area contributed by atoms with E-state index in [-0.39, 0.29) is 0 Å². The van der Waals surface area contributed by atoms with E-state index in [1.54, 1.807) is 0 Å². The van der Waals surface area contributed by atoms with Crippen LogP contribution in [0.1, 0.15) is 38.5 Å². The van der Waals surface area contributed by atoms with Gasteiger partial charge in [-0.05, 0) is 45.7 Å². The molecule has 1 unspecified atom stereocenters. The van der Waals surface area contributed by atoms with E-state index in [9.17, 15) is 0 Å². The molecule has 1 aliphatic heterocycles. The summed E-state index contributed by atoms with van der Waals surface area (Å²) in [6.45, 7) is 1.33. The molecule has 0 radical (unpaired) electrons. The molecule has 0 bridgehead atoms. The first-order valence-electron chi connectivity index (χ1n) is 5.09. The van der Waals surface area contributed by atoms with Crippen LogP contribution in [0.15, 0.2) is 0 Å². The molecule has 0 aromatic rings. The second-order valence-corrected chi connectivity index (χ2v) is 6.77. The number of hydrogen-bond acceptors (Lipinski definition) is 1. The highest BCUT2D eigenvalue weighted by atomic mass is 127. The number of halogens is 1. The quantitative estimate of drug-likeness (QED) is 0.555. The lowest BCUT2D eigenvalue weighted by atomic mass is 9.80. The molecule has 0 spiro atoms. The third kappa shape index (κ3) is 1.79. The van der Waals surface area contributed by atoms with Gasteiger partial charge in [-0.15, -0.1) is 0 Å². The van der Waals surface area contributed by atoms with E-state index in [1.165, 1.54) is 45.1 Å². The Kier molecular flexibility index (Phi) is 2.66. The molecule has 70 valence electrons. The molecular formula is C10H18IN. The van der Waals surface area contributed by atoms with Crippen molar-refractivity contribution in [3.8, 4) is 0 Å². The van der Waals surface area contributed by atoms with Gasteiger partial charge in [0.05, 0.1) is 0 Å². The fraction of sp³-hybridized carbons (Fsp3) is 1.00. The van der Waals surface area contributed by atoms with Crippen molar-refractivity contribution < 1.29 is 0 Å². The molecule has 1 saturated heterocycles. The van der Waals surface area contributed by atoms with Crippen molar-refractivity contribution in [3.05, 3.63) is 0 Å². The predicted octanol–water partition coefficient (Wildman–Crippen LogP) is 2.83. The number of hydrogen-bond donors (Lipinski definition) is 0. The van der Waals surface area contributed by atoms with Crippen LogP contribution in [0.25, 0.3) is 0 Å². The van der Waals surface area contributed by atoms with Gasteiger partial charge in [0.1, 0.15) is 0 Å². The number of alkyl halides is 1. The molecule has 1 heterocycles. The smallest absolute Gasteiger partial charge is 0.0237 e. The Morgan fingerprint density at radius 1 is 1.42 bits per heavy atom. The summed E-state index contributed by atoms with van der Waals surface area (Å²) in [6.07, 6.45) is 8.73. The third-order valence-corrected chi connectivity index (χ3v) is 5.04. The van der Waals surface area contributed by atoms with Gasteiger partial charge in [0.25, 0.3) is 0 Å². The van der Waals surface area contributed by atoms with Crippen molar-refractivity contribution in [1.82, 2.24) is 4.90 Å². The van der Waals surface area contributed by atoms with Crippen molar-refractivity contribution in [2.75, 3.05) is 13.6 Å². The lowest BCUT2D eigenvalue weighted by Gasteiger charge is -2.39. The van der Waals surface area contributed by atoms with E-state index in [0.29, 0.717) is 3.42 Å². The van der Waals surface area contributed by atoms with Gasteiger partial charge < -0.3 is 4.90 Å². The lowest BCUT2D eigenvalue weighted by molar-refractivity contribution is 0.239. The van der Waals surface area contributed by atoms with Crippen LogP contribution in [0, 0.1) is 0 Å². The van der Waals surface area contributed by atoms with Gasteiger partial charge in [-0.1, -0.05) is 29.0 Å². The Bertz CT molecular complexity index is 165. The van der Waals surface area contributed by atoms with Crippen molar-refractivity contribution in [2.24, 2.45) is 0 Å². The highest BCUT2D eigenvalue weighted by Gasteiger charge is 2.38. The number of nitrogens with zero attached hydrogens (tertiary/aromatic N) is 1. The van der Waals surface area contributed by atoms with Crippen molar-refractivity contribution in [3.63, 3.8) is 0 Å². The molecule has 1 saturated carbocycles. The molecule has 0 amide bonds. The average Bonchev–Trinajstić information content (AvgIpc) is 2.34. The van der Waals surface area contributed by atoms with E-state index in [1.807, 2.05) is 0 Å². The van der Waals surface area contributed by atoms with Crippen LogP contribution in [0.3, 0.4) is 0 Å². The summed E-state index contributed by atoms with van der Waals surface area (Å²) < 4.78 is 0.695. The lowest BCUT2D eigenvalue weighted by Crippen LogP contribution is -2.38. The van der Waals surface area contributed by atoms with Gasteiger partial charge in [-0.3, -0.25) is 0 Å². The maximum absolute atomic E-state index is 2.70. The van der Waals surface area contributed by atoms with Gasteiger partial charge in [-0.2, -0.15) is 0 Å². The molecule has 2 heteroatoms. The van der Waals surface area contributed by atoms with E-state index in [4.69, 9.17) is 0 Å². The molecular weight excluding hydrogens is 261 g/mol. The average molecular weight is 279 g/mol. The van der Waals surface area contributed by atoms with E-state index >= 15 is 0 Å². The zero-order chi connectivity index (χ0) is 8.60. The first kappa shape index (κ1) is 9.25. The maximum atomic E-state index is 2.70. The highest BCUT2D eigenvalue weighted by molar-refractivity contribution is 14.1. The molecule has 1 atom stereocenters.